The lowest BCUT2D eigenvalue weighted by molar-refractivity contribution is 0.413. The second kappa shape index (κ2) is 5.48. The Morgan fingerprint density at radius 2 is 1.74 bits per heavy atom. The van der Waals surface area contributed by atoms with Gasteiger partial charge in [-0.2, -0.15) is 0 Å². The number of rotatable bonds is 5. The molecule has 1 aromatic rings. The zero-order valence-electron chi connectivity index (χ0n) is 12.1. The van der Waals surface area contributed by atoms with E-state index in [1.54, 1.807) is 46.9 Å². The largest absolute Gasteiger partial charge is 0.497 e. The average Bonchev–Trinajstić information content (AvgIpc) is 2.24. The molecular formula is C13H22N2O3S. The molecule has 6 heteroatoms. The first-order valence-electron chi connectivity index (χ1n) is 6.00. The van der Waals surface area contributed by atoms with Crippen molar-refractivity contribution in [2.75, 3.05) is 13.7 Å². The Morgan fingerprint density at radius 1 is 1.26 bits per heavy atom. The molecule has 0 saturated carbocycles. The average molecular weight is 286 g/mol. The smallest absolute Gasteiger partial charge is 0.241 e. The van der Waals surface area contributed by atoms with Gasteiger partial charge in [-0.25, -0.2) is 13.1 Å². The zero-order chi connectivity index (χ0) is 14.8. The van der Waals surface area contributed by atoms with E-state index in [0.717, 1.165) is 0 Å². The van der Waals surface area contributed by atoms with Gasteiger partial charge in [-0.1, -0.05) is 0 Å². The molecule has 19 heavy (non-hydrogen) atoms. The monoisotopic (exact) mass is 286 g/mol. The van der Waals surface area contributed by atoms with Gasteiger partial charge in [-0.15, -0.1) is 0 Å². The number of nitrogens with one attached hydrogen (secondary N) is 1. The number of hydrogen-bond acceptors (Lipinski definition) is 4. The minimum atomic E-state index is -3.57. The van der Waals surface area contributed by atoms with Crippen molar-refractivity contribution in [3.8, 4) is 5.75 Å². The fourth-order valence-electron chi connectivity index (χ4n) is 1.81. The van der Waals surface area contributed by atoms with Crippen LogP contribution in [0.5, 0.6) is 5.75 Å². The van der Waals surface area contributed by atoms with Crippen LogP contribution in [-0.4, -0.2) is 27.6 Å². The van der Waals surface area contributed by atoms with Crippen LogP contribution in [0.2, 0.25) is 0 Å². The van der Waals surface area contributed by atoms with E-state index in [0.29, 0.717) is 16.9 Å². The maximum atomic E-state index is 12.3. The maximum Gasteiger partial charge on any atom is 0.241 e. The molecule has 0 aliphatic rings. The van der Waals surface area contributed by atoms with E-state index in [2.05, 4.69) is 4.72 Å². The summed E-state index contributed by atoms with van der Waals surface area (Å²) in [4.78, 5) is 0.289. The van der Waals surface area contributed by atoms with Crippen molar-refractivity contribution in [3.63, 3.8) is 0 Å². The van der Waals surface area contributed by atoms with Gasteiger partial charge in [0.05, 0.1) is 12.0 Å². The molecule has 1 aromatic carbocycles. The van der Waals surface area contributed by atoms with Gasteiger partial charge in [0.2, 0.25) is 10.0 Å². The highest BCUT2D eigenvalue weighted by Gasteiger charge is 2.22. The molecule has 0 bridgehead atoms. The molecule has 0 atom stereocenters. The SMILES string of the molecule is COc1cc(C)c(S(=O)(=O)NCC(C)(C)N)c(C)c1. The molecule has 5 nitrogen and oxygen atoms in total. The van der Waals surface area contributed by atoms with Gasteiger partial charge in [-0.3, -0.25) is 0 Å². The Kier molecular flexibility index (Phi) is 4.60. The molecule has 0 fully saturated rings. The summed E-state index contributed by atoms with van der Waals surface area (Å²) in [6, 6.07) is 3.41. The first-order valence-corrected chi connectivity index (χ1v) is 7.49. The molecular weight excluding hydrogens is 264 g/mol. The van der Waals surface area contributed by atoms with Crippen LogP contribution in [0, 0.1) is 13.8 Å². The van der Waals surface area contributed by atoms with Crippen LogP contribution in [0.1, 0.15) is 25.0 Å². The summed E-state index contributed by atoms with van der Waals surface area (Å²) in [5.74, 6) is 0.646. The molecule has 0 heterocycles. The summed E-state index contributed by atoms with van der Waals surface area (Å²) in [5.41, 5.74) is 6.50. The third-order valence-electron chi connectivity index (χ3n) is 2.66. The predicted octanol–water partition coefficient (Wildman–Crippen LogP) is 1.33. The Bertz CT molecular complexity index is 537. The van der Waals surface area contributed by atoms with E-state index in [1.807, 2.05) is 0 Å². The van der Waals surface area contributed by atoms with Gasteiger partial charge in [-0.05, 0) is 51.0 Å². The van der Waals surface area contributed by atoms with Crippen LogP contribution < -0.4 is 15.2 Å². The summed E-state index contributed by atoms with van der Waals surface area (Å²) in [5, 5.41) is 0. The van der Waals surface area contributed by atoms with E-state index in [9.17, 15) is 8.42 Å². The van der Waals surface area contributed by atoms with Crippen molar-refractivity contribution in [2.24, 2.45) is 5.73 Å². The summed E-state index contributed by atoms with van der Waals surface area (Å²) in [7, 11) is -2.01. The number of ether oxygens (including phenoxy) is 1. The molecule has 3 N–H and O–H groups in total. The molecule has 0 aliphatic heterocycles. The van der Waals surface area contributed by atoms with E-state index in [1.165, 1.54) is 0 Å². The number of sulfonamides is 1. The summed E-state index contributed by atoms with van der Waals surface area (Å²) in [6.45, 7) is 7.21. The van der Waals surface area contributed by atoms with Gasteiger partial charge in [0.1, 0.15) is 5.75 Å². The fourth-order valence-corrected chi connectivity index (χ4v) is 3.48. The first kappa shape index (κ1) is 15.9. The quantitative estimate of drug-likeness (QED) is 0.855. The van der Waals surface area contributed by atoms with Crippen molar-refractivity contribution >= 4 is 10.0 Å². The lowest BCUT2D eigenvalue weighted by atomic mass is 10.1. The second-order valence-corrected chi connectivity index (χ2v) is 7.11. The summed E-state index contributed by atoms with van der Waals surface area (Å²) < 4.78 is 32.3. The Hall–Kier alpha value is -1.11. The minimum Gasteiger partial charge on any atom is -0.497 e. The van der Waals surface area contributed by atoms with Crippen LogP contribution in [0.15, 0.2) is 17.0 Å². The van der Waals surface area contributed by atoms with Crippen LogP contribution in [0.3, 0.4) is 0 Å². The molecule has 0 saturated heterocycles. The summed E-state index contributed by atoms with van der Waals surface area (Å²) >= 11 is 0. The normalized spacial score (nSPS) is 12.5. The van der Waals surface area contributed by atoms with Crippen molar-refractivity contribution in [2.45, 2.75) is 38.1 Å². The van der Waals surface area contributed by atoms with Gasteiger partial charge in [0.15, 0.2) is 0 Å². The zero-order valence-corrected chi connectivity index (χ0v) is 12.9. The van der Waals surface area contributed by atoms with Gasteiger partial charge in [0.25, 0.3) is 0 Å². The van der Waals surface area contributed by atoms with Gasteiger partial charge < -0.3 is 10.5 Å². The molecule has 0 amide bonds. The minimum absolute atomic E-state index is 0.181. The first-order chi connectivity index (χ1) is 8.57. The third kappa shape index (κ3) is 4.19. The van der Waals surface area contributed by atoms with Crippen LogP contribution in [0.25, 0.3) is 0 Å². The van der Waals surface area contributed by atoms with E-state index >= 15 is 0 Å². The highest BCUT2D eigenvalue weighted by atomic mass is 32.2. The van der Waals surface area contributed by atoms with E-state index < -0.39 is 15.6 Å². The third-order valence-corrected chi connectivity index (χ3v) is 4.36. The summed E-state index contributed by atoms with van der Waals surface area (Å²) in [6.07, 6.45) is 0. The lowest BCUT2D eigenvalue weighted by Crippen LogP contribution is -2.45. The van der Waals surface area contributed by atoms with Gasteiger partial charge >= 0.3 is 0 Å². The lowest BCUT2D eigenvalue weighted by Gasteiger charge is -2.20. The maximum absolute atomic E-state index is 12.3. The van der Waals surface area contributed by atoms with Gasteiger partial charge in [0, 0.05) is 12.1 Å². The molecule has 0 unspecified atom stereocenters. The molecule has 0 radical (unpaired) electrons. The topological polar surface area (TPSA) is 81.4 Å². The Balaban J connectivity index is 3.15. The predicted molar refractivity (Wildman–Crippen MR) is 75.9 cm³/mol. The number of nitrogens with two attached hydrogens (primary N) is 1. The molecule has 0 aromatic heterocycles. The van der Waals surface area contributed by atoms with Crippen molar-refractivity contribution in [1.82, 2.24) is 4.72 Å². The number of aryl methyl sites for hydroxylation is 2. The molecule has 0 aliphatic carbocycles. The molecule has 1 rings (SSSR count). The molecule has 108 valence electrons. The Labute approximate surface area is 115 Å². The Morgan fingerprint density at radius 3 is 2.11 bits per heavy atom. The highest BCUT2D eigenvalue weighted by molar-refractivity contribution is 7.89. The van der Waals surface area contributed by atoms with Crippen molar-refractivity contribution in [3.05, 3.63) is 23.3 Å². The van der Waals surface area contributed by atoms with Crippen LogP contribution >= 0.6 is 0 Å². The molecule has 0 spiro atoms. The fraction of sp³-hybridized carbons (Fsp3) is 0.538. The van der Waals surface area contributed by atoms with E-state index in [4.69, 9.17) is 10.5 Å². The van der Waals surface area contributed by atoms with Crippen LogP contribution in [-0.2, 0) is 10.0 Å². The highest BCUT2D eigenvalue weighted by Crippen LogP contribution is 2.25. The standard InChI is InChI=1S/C13H22N2O3S/c1-9-6-11(18-5)7-10(2)12(9)19(16,17)15-8-13(3,4)14/h6-7,15H,8,14H2,1-5H3. The van der Waals surface area contributed by atoms with Crippen LogP contribution in [0.4, 0.5) is 0 Å². The second-order valence-electron chi connectivity index (χ2n) is 5.40. The number of hydrogen-bond donors (Lipinski definition) is 2. The van der Waals surface area contributed by atoms with Crippen molar-refractivity contribution < 1.29 is 13.2 Å². The number of benzene rings is 1. The van der Waals surface area contributed by atoms with E-state index in [-0.39, 0.29) is 11.4 Å². The van der Waals surface area contributed by atoms with Crippen molar-refractivity contribution in [1.29, 1.82) is 0 Å². The number of methoxy groups -OCH3 is 1.